The number of nitrogen functional groups attached to an aromatic ring is 1. The number of amidine groups is 1. The maximum atomic E-state index is 7.50. The summed E-state index contributed by atoms with van der Waals surface area (Å²) in [5, 5.41) is 7.50. The number of nitrogens with zero attached hydrogens (tertiary/aromatic N) is 1. The summed E-state index contributed by atoms with van der Waals surface area (Å²) in [4.78, 5) is 4.39. The monoisotopic (exact) mass is 261 g/mol. The van der Waals surface area contributed by atoms with Gasteiger partial charge in [-0.25, -0.2) is 4.98 Å². The highest BCUT2D eigenvalue weighted by atomic mass is 16.5. The molecule has 1 aromatic heterocycles. The van der Waals surface area contributed by atoms with Crippen molar-refractivity contribution >= 4 is 5.84 Å². The van der Waals surface area contributed by atoms with E-state index < -0.39 is 0 Å². The summed E-state index contributed by atoms with van der Waals surface area (Å²) in [6, 6.07) is 3.58. The second-order valence-electron chi connectivity index (χ2n) is 5.43. The molecule has 1 heterocycles. The number of pyridine rings is 1. The van der Waals surface area contributed by atoms with E-state index >= 15 is 0 Å². The van der Waals surface area contributed by atoms with Gasteiger partial charge in [-0.2, -0.15) is 0 Å². The predicted octanol–water partition coefficient (Wildman–Crippen LogP) is 3.02. The second-order valence-corrected chi connectivity index (χ2v) is 5.43. The van der Waals surface area contributed by atoms with Crippen molar-refractivity contribution < 1.29 is 4.74 Å². The molecule has 104 valence electrons. The maximum Gasteiger partial charge on any atom is 0.214 e. The van der Waals surface area contributed by atoms with Gasteiger partial charge in [0.15, 0.2) is 0 Å². The predicted molar refractivity (Wildman–Crippen MR) is 76.7 cm³/mol. The molecule has 0 aromatic carbocycles. The van der Waals surface area contributed by atoms with Gasteiger partial charge in [-0.3, -0.25) is 5.41 Å². The summed E-state index contributed by atoms with van der Waals surface area (Å²) in [5.74, 6) is 1.44. The first kappa shape index (κ1) is 13.8. The molecule has 4 heteroatoms. The molecule has 2 unspecified atom stereocenters. The Balaban J connectivity index is 2.08. The summed E-state index contributed by atoms with van der Waals surface area (Å²) < 4.78 is 6.00. The zero-order valence-corrected chi connectivity index (χ0v) is 11.8. The Bertz CT molecular complexity index is 459. The number of aromatic nitrogens is 1. The number of ether oxygens (including phenoxy) is 1. The Morgan fingerprint density at radius 3 is 2.95 bits per heavy atom. The van der Waals surface area contributed by atoms with Gasteiger partial charge in [-0.15, -0.1) is 0 Å². The van der Waals surface area contributed by atoms with E-state index in [1.807, 2.05) is 13.0 Å². The average molecular weight is 261 g/mol. The van der Waals surface area contributed by atoms with Gasteiger partial charge in [0, 0.05) is 17.3 Å². The lowest BCUT2D eigenvalue weighted by atomic mass is 9.85. The van der Waals surface area contributed by atoms with Crippen LogP contribution in [0.1, 0.15) is 50.3 Å². The van der Waals surface area contributed by atoms with Gasteiger partial charge in [-0.05, 0) is 38.2 Å². The Labute approximate surface area is 114 Å². The molecule has 1 fully saturated rings. The zero-order chi connectivity index (χ0) is 13.8. The third kappa shape index (κ3) is 3.69. The SMILES string of the molecule is CCC1CCCC(Oc2cc(C(=N)N)cc(C)n2)C1. The number of aryl methyl sites for hydroxylation is 1. The van der Waals surface area contributed by atoms with Crippen molar-refractivity contribution in [1.29, 1.82) is 5.41 Å². The van der Waals surface area contributed by atoms with E-state index in [4.69, 9.17) is 15.9 Å². The van der Waals surface area contributed by atoms with Crippen molar-refractivity contribution in [3.05, 3.63) is 23.4 Å². The van der Waals surface area contributed by atoms with Crippen LogP contribution in [0, 0.1) is 18.3 Å². The second kappa shape index (κ2) is 6.04. The van der Waals surface area contributed by atoms with Crippen LogP contribution in [0.2, 0.25) is 0 Å². The van der Waals surface area contributed by atoms with E-state index in [9.17, 15) is 0 Å². The Morgan fingerprint density at radius 2 is 2.26 bits per heavy atom. The molecule has 0 aliphatic heterocycles. The fraction of sp³-hybridized carbons (Fsp3) is 0.600. The largest absolute Gasteiger partial charge is 0.474 e. The Morgan fingerprint density at radius 1 is 1.47 bits per heavy atom. The molecule has 19 heavy (non-hydrogen) atoms. The van der Waals surface area contributed by atoms with Gasteiger partial charge < -0.3 is 10.5 Å². The van der Waals surface area contributed by atoms with Crippen molar-refractivity contribution in [2.24, 2.45) is 11.7 Å². The molecule has 0 radical (unpaired) electrons. The molecule has 1 aliphatic carbocycles. The normalized spacial score (nSPS) is 23.1. The van der Waals surface area contributed by atoms with Crippen molar-refractivity contribution in [1.82, 2.24) is 4.98 Å². The lowest BCUT2D eigenvalue weighted by Crippen LogP contribution is -2.25. The van der Waals surface area contributed by atoms with Gasteiger partial charge in [-0.1, -0.05) is 19.8 Å². The van der Waals surface area contributed by atoms with Crippen LogP contribution in [0.4, 0.5) is 0 Å². The maximum absolute atomic E-state index is 7.50. The van der Waals surface area contributed by atoms with E-state index in [1.165, 1.54) is 19.3 Å². The van der Waals surface area contributed by atoms with Crippen molar-refractivity contribution in [2.45, 2.75) is 52.1 Å². The van der Waals surface area contributed by atoms with Crippen LogP contribution in [-0.2, 0) is 0 Å². The molecular formula is C15H23N3O. The highest BCUT2D eigenvalue weighted by Gasteiger charge is 2.22. The number of nitrogens with two attached hydrogens (primary N) is 1. The van der Waals surface area contributed by atoms with Gasteiger partial charge in [0.2, 0.25) is 5.88 Å². The minimum atomic E-state index is 0.0606. The number of nitrogens with one attached hydrogen (secondary N) is 1. The van der Waals surface area contributed by atoms with Gasteiger partial charge in [0.1, 0.15) is 11.9 Å². The number of hydrogen-bond donors (Lipinski definition) is 2. The summed E-state index contributed by atoms with van der Waals surface area (Å²) in [6.45, 7) is 4.14. The molecular weight excluding hydrogens is 238 g/mol. The van der Waals surface area contributed by atoms with Crippen molar-refractivity contribution in [2.75, 3.05) is 0 Å². The molecule has 1 aliphatic rings. The smallest absolute Gasteiger partial charge is 0.214 e. The van der Waals surface area contributed by atoms with Gasteiger partial charge in [0.25, 0.3) is 0 Å². The van der Waals surface area contributed by atoms with Crippen LogP contribution >= 0.6 is 0 Å². The first-order valence-corrected chi connectivity index (χ1v) is 7.08. The molecule has 0 bridgehead atoms. The molecule has 1 aromatic rings. The lowest BCUT2D eigenvalue weighted by Gasteiger charge is -2.28. The highest BCUT2D eigenvalue weighted by Crippen LogP contribution is 2.29. The van der Waals surface area contributed by atoms with E-state index in [2.05, 4.69) is 11.9 Å². The van der Waals surface area contributed by atoms with Crippen molar-refractivity contribution in [3.8, 4) is 5.88 Å². The van der Waals surface area contributed by atoms with E-state index in [1.54, 1.807) is 6.07 Å². The first-order valence-electron chi connectivity index (χ1n) is 7.08. The first-order chi connectivity index (χ1) is 9.08. The summed E-state index contributed by atoms with van der Waals surface area (Å²) >= 11 is 0. The standard InChI is InChI=1S/C15H23N3O/c1-3-11-5-4-6-13(8-11)19-14-9-12(15(16)17)7-10(2)18-14/h7,9,11,13H,3-6,8H2,1-2H3,(H3,16,17). The number of rotatable bonds is 4. The third-order valence-electron chi connectivity index (χ3n) is 3.84. The van der Waals surface area contributed by atoms with E-state index in [0.29, 0.717) is 11.4 Å². The van der Waals surface area contributed by atoms with Crippen LogP contribution in [0.5, 0.6) is 5.88 Å². The fourth-order valence-corrected chi connectivity index (χ4v) is 2.74. The Kier molecular flexibility index (Phi) is 4.40. The molecule has 1 saturated carbocycles. The van der Waals surface area contributed by atoms with Crippen LogP contribution in [0.15, 0.2) is 12.1 Å². The molecule has 2 rings (SSSR count). The molecule has 4 nitrogen and oxygen atoms in total. The van der Waals surface area contributed by atoms with E-state index in [0.717, 1.165) is 24.5 Å². The third-order valence-corrected chi connectivity index (χ3v) is 3.84. The van der Waals surface area contributed by atoms with Crippen LogP contribution in [0.25, 0.3) is 0 Å². The quantitative estimate of drug-likeness (QED) is 0.646. The fourth-order valence-electron chi connectivity index (χ4n) is 2.74. The summed E-state index contributed by atoms with van der Waals surface area (Å²) in [7, 11) is 0. The molecule has 3 N–H and O–H groups in total. The molecule has 0 spiro atoms. The zero-order valence-electron chi connectivity index (χ0n) is 11.8. The van der Waals surface area contributed by atoms with Crippen molar-refractivity contribution in [3.63, 3.8) is 0 Å². The molecule has 2 atom stereocenters. The Hall–Kier alpha value is -1.58. The number of hydrogen-bond acceptors (Lipinski definition) is 3. The highest BCUT2D eigenvalue weighted by molar-refractivity contribution is 5.95. The summed E-state index contributed by atoms with van der Waals surface area (Å²) in [6.07, 6.45) is 6.24. The van der Waals surface area contributed by atoms with Gasteiger partial charge in [0.05, 0.1) is 0 Å². The van der Waals surface area contributed by atoms with E-state index in [-0.39, 0.29) is 11.9 Å². The van der Waals surface area contributed by atoms with Gasteiger partial charge >= 0.3 is 0 Å². The van der Waals surface area contributed by atoms with Crippen LogP contribution < -0.4 is 10.5 Å². The molecule has 0 amide bonds. The summed E-state index contributed by atoms with van der Waals surface area (Å²) in [5.41, 5.74) is 7.05. The lowest BCUT2D eigenvalue weighted by molar-refractivity contribution is 0.117. The minimum absolute atomic E-state index is 0.0606. The minimum Gasteiger partial charge on any atom is -0.474 e. The molecule has 0 saturated heterocycles. The topological polar surface area (TPSA) is 72.0 Å². The van der Waals surface area contributed by atoms with Crippen LogP contribution in [-0.4, -0.2) is 16.9 Å². The van der Waals surface area contributed by atoms with Crippen LogP contribution in [0.3, 0.4) is 0 Å². The average Bonchev–Trinajstić information content (AvgIpc) is 2.38.